The summed E-state index contributed by atoms with van der Waals surface area (Å²) in [6.45, 7) is 5.97. The van der Waals surface area contributed by atoms with Gasteiger partial charge in [0.05, 0.1) is 24.6 Å². The lowest BCUT2D eigenvalue weighted by atomic mass is 10.2. The molecule has 0 radical (unpaired) electrons. The number of aromatic nitrogens is 1. The average molecular weight is 348 g/mol. The number of benzene rings is 1. The van der Waals surface area contributed by atoms with Gasteiger partial charge in [0.25, 0.3) is 0 Å². The summed E-state index contributed by atoms with van der Waals surface area (Å²) in [5.41, 5.74) is 1.76. The van der Waals surface area contributed by atoms with Crippen LogP contribution in [0.2, 0.25) is 0 Å². The zero-order valence-electron chi connectivity index (χ0n) is 14.2. The minimum Gasteiger partial charge on any atom is -0.378 e. The van der Waals surface area contributed by atoms with Crippen molar-refractivity contribution in [3.8, 4) is 0 Å². The van der Waals surface area contributed by atoms with Crippen LogP contribution in [0, 0.1) is 12.7 Å². The van der Waals surface area contributed by atoms with Crippen LogP contribution in [0.25, 0.3) is 0 Å². The van der Waals surface area contributed by atoms with E-state index in [1.54, 1.807) is 32.0 Å². The van der Waals surface area contributed by atoms with Gasteiger partial charge < -0.3 is 19.5 Å². The van der Waals surface area contributed by atoms with Crippen LogP contribution in [-0.4, -0.2) is 43.4 Å². The molecule has 1 atom stereocenters. The standard InChI is InChI=1S/C17H21FN4O3/c1-11-9-16(25-21-11)20-17(23)12(2)19-13-3-4-15(14(18)10-13)22-5-7-24-8-6-22/h3-4,9-10,12,19H,5-8H2,1-2H3,(H,20,23). The number of carbonyl (C=O) groups is 1. The van der Waals surface area contributed by atoms with E-state index in [2.05, 4.69) is 15.8 Å². The molecule has 1 saturated heterocycles. The Bertz CT molecular complexity index is 743. The van der Waals surface area contributed by atoms with Gasteiger partial charge in [-0.2, -0.15) is 0 Å². The third-order valence-corrected chi connectivity index (χ3v) is 3.95. The molecule has 0 saturated carbocycles. The van der Waals surface area contributed by atoms with Crippen molar-refractivity contribution in [2.24, 2.45) is 0 Å². The van der Waals surface area contributed by atoms with Crippen LogP contribution >= 0.6 is 0 Å². The lowest BCUT2D eigenvalue weighted by Gasteiger charge is -2.29. The van der Waals surface area contributed by atoms with Crippen LogP contribution in [-0.2, 0) is 9.53 Å². The van der Waals surface area contributed by atoms with Crippen molar-refractivity contribution in [3.05, 3.63) is 35.8 Å². The predicted octanol–water partition coefficient (Wildman–Crippen LogP) is 2.40. The first-order valence-electron chi connectivity index (χ1n) is 8.16. The number of ether oxygens (including phenoxy) is 1. The maximum Gasteiger partial charge on any atom is 0.248 e. The molecule has 0 aliphatic carbocycles. The average Bonchev–Trinajstić information content (AvgIpc) is 3.00. The van der Waals surface area contributed by atoms with Crippen LogP contribution in [0.4, 0.5) is 21.6 Å². The highest BCUT2D eigenvalue weighted by Gasteiger charge is 2.18. The van der Waals surface area contributed by atoms with Crippen molar-refractivity contribution < 1.29 is 18.4 Å². The number of nitrogens with zero attached hydrogens (tertiary/aromatic N) is 2. The number of carbonyl (C=O) groups excluding carboxylic acids is 1. The summed E-state index contributed by atoms with van der Waals surface area (Å²) in [5.74, 6) is -0.343. The van der Waals surface area contributed by atoms with Gasteiger partial charge in [-0.1, -0.05) is 5.16 Å². The van der Waals surface area contributed by atoms with Gasteiger partial charge in [-0.05, 0) is 32.0 Å². The van der Waals surface area contributed by atoms with Gasteiger partial charge in [-0.25, -0.2) is 4.39 Å². The molecule has 7 nitrogen and oxygen atoms in total. The van der Waals surface area contributed by atoms with Crippen molar-refractivity contribution >= 4 is 23.2 Å². The number of aryl methyl sites for hydroxylation is 1. The fraction of sp³-hybridized carbons (Fsp3) is 0.412. The number of amides is 1. The maximum absolute atomic E-state index is 14.4. The minimum atomic E-state index is -0.570. The molecule has 2 heterocycles. The first kappa shape index (κ1) is 17.2. The molecule has 1 aliphatic heterocycles. The summed E-state index contributed by atoms with van der Waals surface area (Å²) < 4.78 is 24.6. The number of halogens is 1. The molecule has 2 aromatic rings. The third kappa shape index (κ3) is 4.27. The molecule has 3 rings (SSSR count). The summed E-state index contributed by atoms with van der Waals surface area (Å²) in [7, 11) is 0. The van der Waals surface area contributed by atoms with E-state index in [-0.39, 0.29) is 17.6 Å². The summed E-state index contributed by atoms with van der Waals surface area (Å²) in [4.78, 5) is 14.1. The number of hydrogen-bond donors (Lipinski definition) is 2. The predicted molar refractivity (Wildman–Crippen MR) is 92.4 cm³/mol. The first-order chi connectivity index (χ1) is 12.0. The molecule has 1 aromatic heterocycles. The minimum absolute atomic E-state index is 0.282. The maximum atomic E-state index is 14.4. The molecule has 0 spiro atoms. The molecule has 134 valence electrons. The van der Waals surface area contributed by atoms with Gasteiger partial charge in [0.1, 0.15) is 11.9 Å². The van der Waals surface area contributed by atoms with Gasteiger partial charge in [0, 0.05) is 24.8 Å². The Kier molecular flexibility index (Phi) is 5.18. The molecule has 0 bridgehead atoms. The largest absolute Gasteiger partial charge is 0.378 e. The highest BCUT2D eigenvalue weighted by atomic mass is 19.1. The second kappa shape index (κ2) is 7.52. The fourth-order valence-corrected chi connectivity index (χ4v) is 2.63. The zero-order valence-corrected chi connectivity index (χ0v) is 14.2. The van der Waals surface area contributed by atoms with E-state index in [0.29, 0.717) is 43.4 Å². The van der Waals surface area contributed by atoms with Crippen LogP contribution in [0.1, 0.15) is 12.6 Å². The van der Waals surface area contributed by atoms with Crippen molar-refractivity contribution in [2.45, 2.75) is 19.9 Å². The van der Waals surface area contributed by atoms with Gasteiger partial charge >= 0.3 is 0 Å². The van der Waals surface area contributed by atoms with E-state index in [4.69, 9.17) is 9.26 Å². The summed E-state index contributed by atoms with van der Waals surface area (Å²) >= 11 is 0. The Hall–Kier alpha value is -2.61. The highest BCUT2D eigenvalue weighted by molar-refractivity contribution is 5.95. The molecule has 2 N–H and O–H groups in total. The monoisotopic (exact) mass is 348 g/mol. The smallest absolute Gasteiger partial charge is 0.248 e. The second-order valence-corrected chi connectivity index (χ2v) is 5.95. The molecule has 1 fully saturated rings. The molecule has 1 amide bonds. The van der Waals surface area contributed by atoms with Gasteiger partial charge in [0.2, 0.25) is 11.8 Å². The normalized spacial score (nSPS) is 15.7. The SMILES string of the molecule is Cc1cc(NC(=O)C(C)Nc2ccc(N3CCOCC3)c(F)c2)on1. The van der Waals surface area contributed by atoms with Crippen LogP contribution < -0.4 is 15.5 Å². The topological polar surface area (TPSA) is 79.6 Å². The highest BCUT2D eigenvalue weighted by Crippen LogP contribution is 2.24. The third-order valence-electron chi connectivity index (χ3n) is 3.95. The summed E-state index contributed by atoms with van der Waals surface area (Å²) in [6.07, 6.45) is 0. The van der Waals surface area contributed by atoms with Crippen molar-refractivity contribution in [2.75, 3.05) is 41.8 Å². The Balaban J connectivity index is 1.61. The number of rotatable bonds is 5. The lowest BCUT2D eigenvalue weighted by Crippen LogP contribution is -2.36. The van der Waals surface area contributed by atoms with E-state index >= 15 is 0 Å². The van der Waals surface area contributed by atoms with Crippen LogP contribution in [0.3, 0.4) is 0 Å². The molecular weight excluding hydrogens is 327 g/mol. The molecule has 1 aliphatic rings. The molecule has 8 heteroatoms. The Labute approximate surface area is 145 Å². The Morgan fingerprint density at radius 1 is 1.32 bits per heavy atom. The van der Waals surface area contributed by atoms with Crippen molar-refractivity contribution in [1.29, 1.82) is 0 Å². The van der Waals surface area contributed by atoms with E-state index in [1.807, 2.05) is 4.90 Å². The second-order valence-electron chi connectivity index (χ2n) is 5.95. The number of anilines is 3. The van der Waals surface area contributed by atoms with Gasteiger partial charge in [-0.15, -0.1) is 0 Å². The van der Waals surface area contributed by atoms with Crippen LogP contribution in [0.5, 0.6) is 0 Å². The lowest BCUT2D eigenvalue weighted by molar-refractivity contribution is -0.116. The van der Waals surface area contributed by atoms with Gasteiger partial charge in [0.15, 0.2) is 0 Å². The number of nitrogens with one attached hydrogen (secondary N) is 2. The first-order valence-corrected chi connectivity index (χ1v) is 8.16. The summed E-state index contributed by atoms with van der Waals surface area (Å²) in [6, 6.07) is 5.93. The van der Waals surface area contributed by atoms with E-state index in [9.17, 15) is 9.18 Å². The van der Waals surface area contributed by atoms with E-state index in [0.717, 1.165) is 0 Å². The summed E-state index contributed by atoms with van der Waals surface area (Å²) in [5, 5.41) is 9.30. The molecule has 25 heavy (non-hydrogen) atoms. The van der Waals surface area contributed by atoms with Crippen LogP contribution in [0.15, 0.2) is 28.8 Å². The van der Waals surface area contributed by atoms with Crippen molar-refractivity contribution in [3.63, 3.8) is 0 Å². The Morgan fingerprint density at radius 3 is 2.72 bits per heavy atom. The van der Waals surface area contributed by atoms with Crippen molar-refractivity contribution in [1.82, 2.24) is 5.16 Å². The van der Waals surface area contributed by atoms with E-state index < -0.39 is 6.04 Å². The fourth-order valence-electron chi connectivity index (χ4n) is 2.63. The van der Waals surface area contributed by atoms with Gasteiger partial charge in [-0.3, -0.25) is 10.1 Å². The molecule has 1 aromatic carbocycles. The quantitative estimate of drug-likeness (QED) is 0.864. The number of hydrogen-bond acceptors (Lipinski definition) is 6. The van der Waals surface area contributed by atoms with E-state index in [1.165, 1.54) is 6.07 Å². The number of morpholine rings is 1. The zero-order chi connectivity index (χ0) is 17.8. The molecular formula is C17H21FN4O3. The molecule has 1 unspecified atom stereocenters. The Morgan fingerprint density at radius 2 is 2.08 bits per heavy atom.